The lowest BCUT2D eigenvalue weighted by Crippen LogP contribution is -2.41. The fourth-order valence-corrected chi connectivity index (χ4v) is 3.49. The highest BCUT2D eigenvalue weighted by Crippen LogP contribution is 2.20. The molecule has 29 heavy (non-hydrogen) atoms. The molecule has 1 N–H and O–H groups in total. The van der Waals surface area contributed by atoms with Crippen LogP contribution in [0, 0.1) is 12.8 Å². The third-order valence-electron chi connectivity index (χ3n) is 5.35. The molecule has 0 spiro atoms. The average molecular weight is 397 g/mol. The second-order valence-electron chi connectivity index (χ2n) is 7.44. The Morgan fingerprint density at radius 1 is 1.14 bits per heavy atom. The number of piperidine rings is 1. The van der Waals surface area contributed by atoms with Gasteiger partial charge in [0.1, 0.15) is 5.76 Å². The van der Waals surface area contributed by atoms with Crippen molar-refractivity contribution in [2.45, 2.75) is 46.0 Å². The lowest BCUT2D eigenvalue weighted by molar-refractivity contribution is -0.134. The average Bonchev–Trinajstić information content (AvgIpc) is 3.16. The number of likely N-dealkylation sites (tertiary alicyclic amines) is 1. The Balaban J connectivity index is 1.42. The van der Waals surface area contributed by atoms with Gasteiger partial charge in [0, 0.05) is 43.5 Å². The van der Waals surface area contributed by atoms with Gasteiger partial charge in [-0.3, -0.25) is 14.4 Å². The van der Waals surface area contributed by atoms with Crippen molar-refractivity contribution in [3.05, 3.63) is 47.2 Å². The SMILES string of the molecule is CCc1ccc(C(=O)CCC(=O)N2CCC(C(=O)Nc3cc(C)on3)CC2)cc1. The van der Waals surface area contributed by atoms with E-state index in [1.165, 1.54) is 5.56 Å². The van der Waals surface area contributed by atoms with Gasteiger partial charge in [-0.05, 0) is 31.7 Å². The van der Waals surface area contributed by atoms with Gasteiger partial charge >= 0.3 is 0 Å². The molecule has 0 atom stereocenters. The molecule has 1 fully saturated rings. The van der Waals surface area contributed by atoms with E-state index in [1.54, 1.807) is 17.9 Å². The van der Waals surface area contributed by atoms with Crippen molar-refractivity contribution in [2.75, 3.05) is 18.4 Å². The minimum atomic E-state index is -0.158. The minimum Gasteiger partial charge on any atom is -0.360 e. The fraction of sp³-hybridized carbons (Fsp3) is 0.455. The van der Waals surface area contributed by atoms with Crippen molar-refractivity contribution in [1.82, 2.24) is 10.1 Å². The quantitative estimate of drug-likeness (QED) is 0.723. The highest BCUT2D eigenvalue weighted by Gasteiger charge is 2.28. The summed E-state index contributed by atoms with van der Waals surface area (Å²) in [6.45, 7) is 4.87. The zero-order valence-corrected chi connectivity index (χ0v) is 16.9. The Morgan fingerprint density at radius 3 is 2.41 bits per heavy atom. The van der Waals surface area contributed by atoms with Gasteiger partial charge in [-0.1, -0.05) is 36.3 Å². The number of carbonyl (C=O) groups is 3. The number of aromatic nitrogens is 1. The van der Waals surface area contributed by atoms with Crippen molar-refractivity contribution in [2.24, 2.45) is 5.92 Å². The van der Waals surface area contributed by atoms with Crippen LogP contribution in [0.5, 0.6) is 0 Å². The summed E-state index contributed by atoms with van der Waals surface area (Å²) in [5.74, 6) is 0.742. The number of nitrogens with one attached hydrogen (secondary N) is 1. The van der Waals surface area contributed by atoms with Crippen LogP contribution >= 0.6 is 0 Å². The molecule has 2 heterocycles. The summed E-state index contributed by atoms with van der Waals surface area (Å²) < 4.78 is 4.95. The number of carbonyl (C=O) groups excluding carboxylic acids is 3. The van der Waals surface area contributed by atoms with Crippen LogP contribution < -0.4 is 5.32 Å². The summed E-state index contributed by atoms with van der Waals surface area (Å²) in [6, 6.07) is 9.22. The number of rotatable bonds is 7. The maximum Gasteiger partial charge on any atom is 0.228 e. The van der Waals surface area contributed by atoms with Gasteiger partial charge in [0.05, 0.1) is 0 Å². The van der Waals surface area contributed by atoms with E-state index in [2.05, 4.69) is 17.4 Å². The van der Waals surface area contributed by atoms with E-state index in [4.69, 9.17) is 4.52 Å². The number of Topliss-reactive ketones (excluding diaryl/α,β-unsaturated/α-hetero) is 1. The van der Waals surface area contributed by atoms with Crippen molar-refractivity contribution in [3.63, 3.8) is 0 Å². The predicted octanol–water partition coefficient (Wildman–Crippen LogP) is 3.39. The third kappa shape index (κ3) is 5.53. The lowest BCUT2D eigenvalue weighted by atomic mass is 9.95. The van der Waals surface area contributed by atoms with Crippen LogP contribution in [-0.4, -0.2) is 40.7 Å². The zero-order valence-electron chi connectivity index (χ0n) is 16.9. The van der Waals surface area contributed by atoms with Crippen LogP contribution in [0.15, 0.2) is 34.9 Å². The Kier molecular flexibility index (Phi) is 6.80. The summed E-state index contributed by atoms with van der Waals surface area (Å²) in [4.78, 5) is 38.8. The Hall–Kier alpha value is -2.96. The molecule has 3 rings (SSSR count). The molecule has 0 aliphatic carbocycles. The van der Waals surface area contributed by atoms with Crippen molar-refractivity contribution in [1.29, 1.82) is 0 Å². The number of aryl methyl sites for hydroxylation is 2. The lowest BCUT2D eigenvalue weighted by Gasteiger charge is -2.31. The van der Waals surface area contributed by atoms with E-state index in [9.17, 15) is 14.4 Å². The fourth-order valence-electron chi connectivity index (χ4n) is 3.49. The van der Waals surface area contributed by atoms with Gasteiger partial charge in [-0.25, -0.2) is 0 Å². The molecule has 2 aromatic rings. The van der Waals surface area contributed by atoms with Gasteiger partial charge < -0.3 is 14.7 Å². The van der Waals surface area contributed by atoms with Gasteiger partial charge in [0.2, 0.25) is 11.8 Å². The molecule has 0 bridgehead atoms. The van der Waals surface area contributed by atoms with E-state index in [0.29, 0.717) is 43.1 Å². The first-order valence-corrected chi connectivity index (χ1v) is 10.1. The largest absolute Gasteiger partial charge is 0.360 e. The standard InChI is InChI=1S/C22H27N3O4/c1-3-16-4-6-17(7-5-16)19(26)8-9-21(27)25-12-10-18(11-13-25)22(28)23-20-14-15(2)29-24-20/h4-7,14,18H,3,8-13H2,1-2H3,(H,23,24,28). The molecule has 7 nitrogen and oxygen atoms in total. The first-order chi connectivity index (χ1) is 14.0. The van der Waals surface area contributed by atoms with Crippen molar-refractivity contribution < 1.29 is 18.9 Å². The number of anilines is 1. The van der Waals surface area contributed by atoms with Crippen LogP contribution in [0.3, 0.4) is 0 Å². The van der Waals surface area contributed by atoms with Crippen LogP contribution in [-0.2, 0) is 16.0 Å². The molecule has 7 heteroatoms. The molecule has 1 aliphatic heterocycles. The highest BCUT2D eigenvalue weighted by atomic mass is 16.5. The maximum absolute atomic E-state index is 12.5. The molecule has 0 unspecified atom stereocenters. The van der Waals surface area contributed by atoms with Crippen molar-refractivity contribution >= 4 is 23.4 Å². The maximum atomic E-state index is 12.5. The normalized spacial score (nSPS) is 14.6. The molecule has 1 aliphatic rings. The predicted molar refractivity (Wildman–Crippen MR) is 109 cm³/mol. The number of benzene rings is 1. The first-order valence-electron chi connectivity index (χ1n) is 10.1. The molecule has 0 saturated carbocycles. The molecule has 1 saturated heterocycles. The van der Waals surface area contributed by atoms with E-state index in [0.717, 1.165) is 6.42 Å². The molecule has 2 amide bonds. The highest BCUT2D eigenvalue weighted by molar-refractivity contribution is 5.98. The number of ketones is 1. The first kappa shape index (κ1) is 20.8. The van der Waals surface area contributed by atoms with Gasteiger partial charge in [-0.15, -0.1) is 0 Å². The minimum absolute atomic E-state index is 0.0156. The monoisotopic (exact) mass is 397 g/mol. The van der Waals surface area contributed by atoms with Crippen LogP contribution in [0.4, 0.5) is 5.82 Å². The molecular formula is C22H27N3O4. The van der Waals surface area contributed by atoms with E-state index < -0.39 is 0 Å². The second-order valence-corrected chi connectivity index (χ2v) is 7.44. The van der Waals surface area contributed by atoms with Gasteiger partial charge in [0.15, 0.2) is 11.6 Å². The molecule has 1 aromatic heterocycles. The van der Waals surface area contributed by atoms with Gasteiger partial charge in [0.25, 0.3) is 0 Å². The zero-order chi connectivity index (χ0) is 20.8. The third-order valence-corrected chi connectivity index (χ3v) is 5.35. The Bertz CT molecular complexity index is 864. The summed E-state index contributed by atoms with van der Waals surface area (Å²) in [7, 11) is 0. The van der Waals surface area contributed by atoms with Crippen molar-refractivity contribution in [3.8, 4) is 0 Å². The summed E-state index contributed by atoms with van der Waals surface area (Å²) in [5, 5.41) is 6.52. The Morgan fingerprint density at radius 2 is 1.83 bits per heavy atom. The smallest absolute Gasteiger partial charge is 0.228 e. The molecule has 154 valence electrons. The van der Waals surface area contributed by atoms with E-state index >= 15 is 0 Å². The van der Waals surface area contributed by atoms with Crippen LogP contribution in [0.2, 0.25) is 0 Å². The molecule has 1 aromatic carbocycles. The van der Waals surface area contributed by atoms with E-state index in [1.807, 2.05) is 24.3 Å². The van der Waals surface area contributed by atoms with Crippen LogP contribution in [0.1, 0.15) is 54.3 Å². The summed E-state index contributed by atoms with van der Waals surface area (Å²) in [6.07, 6.45) is 2.53. The van der Waals surface area contributed by atoms with E-state index in [-0.39, 0.29) is 36.4 Å². The molecule has 0 radical (unpaired) electrons. The summed E-state index contributed by atoms with van der Waals surface area (Å²) in [5.41, 5.74) is 1.83. The van der Waals surface area contributed by atoms with Gasteiger partial charge in [-0.2, -0.15) is 0 Å². The Labute approximate surface area is 170 Å². The number of hydrogen-bond acceptors (Lipinski definition) is 5. The molecular weight excluding hydrogens is 370 g/mol. The number of hydrogen-bond donors (Lipinski definition) is 1. The topological polar surface area (TPSA) is 92.5 Å². The second kappa shape index (κ2) is 9.49. The summed E-state index contributed by atoms with van der Waals surface area (Å²) >= 11 is 0. The number of amides is 2. The number of nitrogens with zero attached hydrogens (tertiary/aromatic N) is 2. The van der Waals surface area contributed by atoms with Crippen LogP contribution in [0.25, 0.3) is 0 Å².